The lowest BCUT2D eigenvalue weighted by molar-refractivity contribution is -0.273. The van der Waals surface area contributed by atoms with Gasteiger partial charge in [-0.1, -0.05) is 0 Å². The summed E-state index contributed by atoms with van der Waals surface area (Å²) in [6, 6.07) is 3.54. The molecule has 152 valence electrons. The third kappa shape index (κ3) is 7.74. The molecule has 0 aliphatic rings. The van der Waals surface area contributed by atoms with Crippen molar-refractivity contribution >= 4 is 79.7 Å². The molecule has 0 radical (unpaired) electrons. The van der Waals surface area contributed by atoms with Gasteiger partial charge in [-0.2, -0.15) is 13.2 Å². The summed E-state index contributed by atoms with van der Waals surface area (Å²) in [4.78, 5) is 23.5. The highest BCUT2D eigenvalue weighted by atomic mass is 127. The number of hydrogen-bond donors (Lipinski definition) is 0. The fraction of sp³-hybridized carbons (Fsp3) is 0.467. The van der Waals surface area contributed by atoms with E-state index in [4.69, 9.17) is 4.74 Å². The van der Waals surface area contributed by atoms with E-state index in [-0.39, 0.29) is 20.0 Å². The normalized spacial score (nSPS) is 13.2. The van der Waals surface area contributed by atoms with Crippen LogP contribution in [-0.2, 0) is 14.3 Å². The number of alkyl halides is 5. The van der Waals surface area contributed by atoms with Crippen molar-refractivity contribution in [3.8, 4) is 0 Å². The van der Waals surface area contributed by atoms with Crippen LogP contribution in [0.25, 0.3) is 0 Å². The first-order chi connectivity index (χ1) is 12.2. The van der Waals surface area contributed by atoms with Gasteiger partial charge in [-0.25, -0.2) is 13.6 Å². The maximum Gasteiger partial charge on any atom is 0.431 e. The van der Waals surface area contributed by atoms with Crippen LogP contribution < -0.4 is 0 Å². The van der Waals surface area contributed by atoms with Crippen LogP contribution in [0.1, 0.15) is 30.1 Å². The molecule has 0 N–H and O–H groups in total. The Morgan fingerprint density at radius 1 is 1.07 bits per heavy atom. The Hall–Kier alpha value is -0.000000000000000167. The van der Waals surface area contributed by atoms with Crippen LogP contribution >= 0.6 is 67.8 Å². The van der Waals surface area contributed by atoms with Gasteiger partial charge in [0.2, 0.25) is 0 Å². The van der Waals surface area contributed by atoms with Gasteiger partial charge in [0.05, 0.1) is 12.2 Å². The summed E-state index contributed by atoms with van der Waals surface area (Å²) >= 11 is 5.98. The summed E-state index contributed by atoms with van der Waals surface area (Å²) in [5.74, 6) is -6.37. The van der Waals surface area contributed by atoms with E-state index in [1.807, 2.05) is 73.8 Å². The van der Waals surface area contributed by atoms with E-state index in [0.717, 1.165) is 3.57 Å². The van der Waals surface area contributed by atoms with Gasteiger partial charge in [0.1, 0.15) is 0 Å². The van der Waals surface area contributed by atoms with Crippen molar-refractivity contribution in [2.45, 2.75) is 38.0 Å². The van der Waals surface area contributed by atoms with Crippen molar-refractivity contribution in [3.05, 3.63) is 28.4 Å². The number of esters is 2. The number of hydrogen-bond acceptors (Lipinski definition) is 4. The summed E-state index contributed by atoms with van der Waals surface area (Å²) < 4.78 is 74.6. The average Bonchev–Trinajstić information content (AvgIpc) is 2.51. The fourth-order valence-corrected chi connectivity index (χ4v) is 4.14. The number of benzene rings is 1. The monoisotopic (exact) mass is 732 g/mol. The minimum atomic E-state index is -5.39. The standard InChI is InChI=1S/C15H12F5I3O4/c1-14(16,17)13(15(18,19)20)27-9(24)3-2-6-26-12(25)10-7(21)4-5-8(22)11(10)23/h4-5,13H,2-3,6H2,1H3. The lowest BCUT2D eigenvalue weighted by Gasteiger charge is -2.25. The Morgan fingerprint density at radius 2 is 1.63 bits per heavy atom. The van der Waals surface area contributed by atoms with Gasteiger partial charge in [-0.3, -0.25) is 4.79 Å². The van der Waals surface area contributed by atoms with Crippen LogP contribution in [0.15, 0.2) is 12.1 Å². The molecular weight excluding hydrogens is 720 g/mol. The summed E-state index contributed by atoms with van der Waals surface area (Å²) in [5.41, 5.74) is 0.341. The smallest absolute Gasteiger partial charge is 0.431 e. The SMILES string of the molecule is CC(F)(F)C(OC(=O)CCCOC(=O)c1c(I)ccc(I)c1I)C(F)(F)F. The highest BCUT2D eigenvalue weighted by Gasteiger charge is 2.56. The van der Waals surface area contributed by atoms with Crippen molar-refractivity contribution in [1.29, 1.82) is 0 Å². The summed E-state index contributed by atoms with van der Waals surface area (Å²) in [5, 5.41) is 0. The van der Waals surface area contributed by atoms with Crippen molar-refractivity contribution in [1.82, 2.24) is 0 Å². The molecule has 0 heterocycles. The third-order valence-corrected chi connectivity index (χ3v) is 6.96. The van der Waals surface area contributed by atoms with Crippen LogP contribution in [0.4, 0.5) is 22.0 Å². The second-order valence-corrected chi connectivity index (χ2v) is 8.73. The molecule has 0 saturated carbocycles. The van der Waals surface area contributed by atoms with Gasteiger partial charge >= 0.3 is 18.1 Å². The molecule has 1 aromatic carbocycles. The van der Waals surface area contributed by atoms with Crippen molar-refractivity contribution in [2.75, 3.05) is 6.61 Å². The molecule has 0 aromatic heterocycles. The van der Waals surface area contributed by atoms with Gasteiger partial charge in [0.25, 0.3) is 12.0 Å². The van der Waals surface area contributed by atoms with Gasteiger partial charge in [-0.05, 0) is 86.3 Å². The first kappa shape index (κ1) is 25.0. The van der Waals surface area contributed by atoms with Crippen molar-refractivity contribution in [2.24, 2.45) is 0 Å². The van der Waals surface area contributed by atoms with E-state index >= 15 is 0 Å². The number of ether oxygens (including phenoxy) is 2. The lowest BCUT2D eigenvalue weighted by Crippen LogP contribution is -2.46. The van der Waals surface area contributed by atoms with Gasteiger partial charge in [0.15, 0.2) is 0 Å². The van der Waals surface area contributed by atoms with Crippen LogP contribution in [0.5, 0.6) is 0 Å². The highest BCUT2D eigenvalue weighted by Crippen LogP contribution is 2.34. The minimum absolute atomic E-state index is 0.0185. The summed E-state index contributed by atoms with van der Waals surface area (Å²) in [7, 11) is 0. The van der Waals surface area contributed by atoms with Crippen LogP contribution in [0.2, 0.25) is 0 Å². The second-order valence-electron chi connectivity index (χ2n) is 5.33. The molecule has 0 aliphatic carbocycles. The lowest BCUT2D eigenvalue weighted by atomic mass is 10.2. The zero-order valence-electron chi connectivity index (χ0n) is 13.5. The van der Waals surface area contributed by atoms with Crippen LogP contribution in [-0.4, -0.2) is 36.7 Å². The van der Waals surface area contributed by atoms with Crippen molar-refractivity contribution < 1.29 is 41.0 Å². The fourth-order valence-electron chi connectivity index (χ4n) is 1.82. The van der Waals surface area contributed by atoms with E-state index in [2.05, 4.69) is 4.74 Å². The Morgan fingerprint density at radius 3 is 2.15 bits per heavy atom. The maximum atomic E-state index is 13.0. The van der Waals surface area contributed by atoms with E-state index in [0.29, 0.717) is 12.7 Å². The Kier molecular flexibility index (Phi) is 9.42. The highest BCUT2D eigenvalue weighted by molar-refractivity contribution is 14.1. The largest absolute Gasteiger partial charge is 0.462 e. The van der Waals surface area contributed by atoms with E-state index < -0.39 is 36.6 Å². The number of carbonyl (C=O) groups is 2. The average molecular weight is 732 g/mol. The zero-order valence-corrected chi connectivity index (χ0v) is 20.0. The molecule has 12 heteroatoms. The molecule has 0 fully saturated rings. The van der Waals surface area contributed by atoms with Gasteiger partial charge < -0.3 is 9.47 Å². The molecule has 27 heavy (non-hydrogen) atoms. The molecule has 0 saturated heterocycles. The van der Waals surface area contributed by atoms with Crippen molar-refractivity contribution in [3.63, 3.8) is 0 Å². The topological polar surface area (TPSA) is 52.6 Å². The molecule has 1 atom stereocenters. The van der Waals surface area contributed by atoms with E-state index in [9.17, 15) is 31.5 Å². The zero-order chi connectivity index (χ0) is 21.0. The van der Waals surface area contributed by atoms with Crippen LogP contribution in [0, 0.1) is 10.7 Å². The Bertz CT molecular complexity index is 690. The first-order valence-corrected chi connectivity index (χ1v) is 10.4. The second kappa shape index (κ2) is 10.2. The third-order valence-electron chi connectivity index (χ3n) is 3.01. The molecule has 1 unspecified atom stereocenters. The number of halogens is 8. The predicted molar refractivity (Wildman–Crippen MR) is 111 cm³/mol. The molecule has 1 aromatic rings. The quantitative estimate of drug-likeness (QED) is 0.121. The number of carbonyl (C=O) groups excluding carboxylic acids is 2. The minimum Gasteiger partial charge on any atom is -0.462 e. The summed E-state index contributed by atoms with van der Waals surface area (Å²) in [6.07, 6.45) is -9.68. The summed E-state index contributed by atoms with van der Waals surface area (Å²) in [6.45, 7) is -0.255. The molecular formula is C15H12F5I3O4. The Labute approximate surface area is 192 Å². The van der Waals surface area contributed by atoms with Crippen LogP contribution in [0.3, 0.4) is 0 Å². The molecule has 0 amide bonds. The first-order valence-electron chi connectivity index (χ1n) is 7.19. The molecule has 0 aliphatic heterocycles. The Balaban J connectivity index is 2.56. The van der Waals surface area contributed by atoms with E-state index in [1.165, 1.54) is 0 Å². The predicted octanol–water partition coefficient (Wildman–Crippen LogP) is 5.57. The molecule has 4 nitrogen and oxygen atoms in total. The number of rotatable bonds is 7. The van der Waals surface area contributed by atoms with E-state index in [1.54, 1.807) is 6.07 Å². The molecule has 1 rings (SSSR count). The maximum absolute atomic E-state index is 13.0. The van der Waals surface area contributed by atoms with Gasteiger partial charge in [0, 0.05) is 24.1 Å². The van der Waals surface area contributed by atoms with Gasteiger partial charge in [-0.15, -0.1) is 0 Å². The molecule has 0 bridgehead atoms. The molecule has 0 spiro atoms.